The van der Waals surface area contributed by atoms with E-state index in [4.69, 9.17) is 0 Å². The quantitative estimate of drug-likeness (QED) is 0.835. The Balaban J connectivity index is 1.89. The summed E-state index contributed by atoms with van der Waals surface area (Å²) in [6.45, 7) is 1.56. The van der Waals surface area contributed by atoms with Gasteiger partial charge < -0.3 is 10.4 Å². The monoisotopic (exact) mass is 349 g/mol. The van der Waals surface area contributed by atoms with Crippen molar-refractivity contribution >= 4 is 12.0 Å². The van der Waals surface area contributed by atoms with Crippen molar-refractivity contribution in [1.29, 1.82) is 0 Å². The fraction of sp³-hybridized carbons (Fsp3) is 0.211. The maximum atomic E-state index is 13.2. The van der Waals surface area contributed by atoms with Gasteiger partial charge in [-0.15, -0.1) is 0 Å². The summed E-state index contributed by atoms with van der Waals surface area (Å²) in [5, 5.41) is 12.7. The van der Waals surface area contributed by atoms with Crippen molar-refractivity contribution in [2.75, 3.05) is 0 Å². The highest BCUT2D eigenvalue weighted by Crippen LogP contribution is 2.19. The second-order valence-electron chi connectivity index (χ2n) is 5.64. The van der Waals surface area contributed by atoms with Crippen molar-refractivity contribution < 1.29 is 23.1 Å². The number of nitrogens with one attached hydrogen (secondary N) is 1. The van der Waals surface area contributed by atoms with Crippen LogP contribution in [0.25, 0.3) is 6.08 Å². The Morgan fingerprint density at radius 3 is 2.60 bits per heavy atom. The van der Waals surface area contributed by atoms with Gasteiger partial charge in [0.25, 0.3) is 0 Å². The van der Waals surface area contributed by atoms with Gasteiger partial charge in [0, 0.05) is 6.42 Å². The van der Waals surface area contributed by atoms with E-state index in [0.29, 0.717) is 5.56 Å². The van der Waals surface area contributed by atoms with Gasteiger partial charge in [-0.25, -0.2) is 13.2 Å². The van der Waals surface area contributed by atoms with E-state index in [1.165, 1.54) is 18.2 Å². The molecule has 2 aromatic rings. The molecule has 2 unspecified atom stereocenters. The molecule has 0 heterocycles. The molecule has 0 aliphatic carbocycles. The van der Waals surface area contributed by atoms with Crippen molar-refractivity contribution in [3.8, 4) is 0 Å². The van der Waals surface area contributed by atoms with E-state index < -0.39 is 23.8 Å². The second kappa shape index (κ2) is 8.48. The third-order valence-corrected chi connectivity index (χ3v) is 3.61. The molecule has 2 aromatic carbocycles. The third-order valence-electron chi connectivity index (χ3n) is 3.61. The lowest BCUT2D eigenvalue weighted by Gasteiger charge is -2.20. The van der Waals surface area contributed by atoms with E-state index in [1.807, 2.05) is 0 Å². The van der Waals surface area contributed by atoms with E-state index in [0.717, 1.165) is 12.1 Å². The zero-order valence-electron chi connectivity index (χ0n) is 13.5. The van der Waals surface area contributed by atoms with Crippen LogP contribution in [0.1, 0.15) is 30.6 Å². The van der Waals surface area contributed by atoms with E-state index >= 15 is 0 Å². The van der Waals surface area contributed by atoms with Crippen molar-refractivity contribution in [1.82, 2.24) is 5.32 Å². The lowest BCUT2D eigenvalue weighted by Crippen LogP contribution is -2.36. The summed E-state index contributed by atoms with van der Waals surface area (Å²) >= 11 is 0. The number of amides is 1. The molecule has 0 spiro atoms. The first-order valence-corrected chi connectivity index (χ1v) is 7.71. The van der Waals surface area contributed by atoms with Crippen LogP contribution in [0, 0.1) is 17.5 Å². The summed E-state index contributed by atoms with van der Waals surface area (Å²) in [7, 11) is 0. The highest BCUT2D eigenvalue weighted by molar-refractivity contribution is 5.78. The Morgan fingerprint density at radius 1 is 1.16 bits per heavy atom. The molecule has 0 saturated heterocycles. The first kappa shape index (κ1) is 18.7. The number of aliphatic hydroxyl groups excluding tert-OH is 1. The molecule has 0 saturated carbocycles. The van der Waals surface area contributed by atoms with Gasteiger partial charge in [0.15, 0.2) is 11.6 Å². The summed E-state index contributed by atoms with van der Waals surface area (Å²) in [5.74, 6) is -2.79. The molecular formula is C19H18F3NO2. The number of carbonyl (C=O) groups excluding carboxylic acids is 1. The first-order chi connectivity index (χ1) is 11.9. The maximum absolute atomic E-state index is 13.2. The zero-order valence-corrected chi connectivity index (χ0v) is 13.5. The maximum Gasteiger partial charge on any atom is 0.224 e. The van der Waals surface area contributed by atoms with Crippen LogP contribution in [0.2, 0.25) is 0 Å². The standard InChI is InChI=1S/C19H18F3NO2/c1-12(19(25)14-8-9-16(21)17(22)11-14)23-18(24)7-3-5-13-4-2-6-15(20)10-13/h2-6,8-12,19,25H,7H2,1H3,(H,23,24)/b5-3+. The third kappa shape index (κ3) is 5.46. The van der Waals surface area contributed by atoms with Gasteiger partial charge >= 0.3 is 0 Å². The molecule has 0 aromatic heterocycles. The average Bonchev–Trinajstić information content (AvgIpc) is 2.56. The van der Waals surface area contributed by atoms with Crippen LogP contribution in [-0.2, 0) is 4.79 Å². The number of carbonyl (C=O) groups is 1. The summed E-state index contributed by atoms with van der Waals surface area (Å²) in [4.78, 5) is 11.9. The van der Waals surface area contributed by atoms with Gasteiger partial charge in [-0.2, -0.15) is 0 Å². The molecule has 0 fully saturated rings. The molecule has 2 N–H and O–H groups in total. The number of hydrogen-bond donors (Lipinski definition) is 2. The molecule has 2 rings (SSSR count). The van der Waals surface area contributed by atoms with Crippen molar-refractivity contribution in [3.63, 3.8) is 0 Å². The molecule has 132 valence electrons. The van der Waals surface area contributed by atoms with Gasteiger partial charge in [0.1, 0.15) is 5.82 Å². The Bertz CT molecular complexity index is 777. The van der Waals surface area contributed by atoms with Gasteiger partial charge in [-0.05, 0) is 42.3 Å². The topological polar surface area (TPSA) is 49.3 Å². The summed E-state index contributed by atoms with van der Waals surface area (Å²) < 4.78 is 39.2. The Morgan fingerprint density at radius 2 is 1.92 bits per heavy atom. The number of benzene rings is 2. The molecule has 0 aliphatic heterocycles. The van der Waals surface area contributed by atoms with Gasteiger partial charge in [0.05, 0.1) is 12.1 Å². The lowest BCUT2D eigenvalue weighted by molar-refractivity contribution is -0.121. The summed E-state index contributed by atoms with van der Waals surface area (Å²) in [5.41, 5.74) is 0.796. The Hall–Kier alpha value is -2.60. The van der Waals surface area contributed by atoms with Crippen LogP contribution in [0.5, 0.6) is 0 Å². The number of halogens is 3. The van der Waals surface area contributed by atoms with Gasteiger partial charge in [-0.1, -0.05) is 30.4 Å². The van der Waals surface area contributed by atoms with Crippen molar-refractivity contribution in [3.05, 3.63) is 77.1 Å². The molecule has 0 bridgehead atoms. The highest BCUT2D eigenvalue weighted by atomic mass is 19.2. The van der Waals surface area contributed by atoms with E-state index in [1.54, 1.807) is 31.2 Å². The molecule has 6 heteroatoms. The molecule has 0 radical (unpaired) electrons. The largest absolute Gasteiger partial charge is 0.386 e. The molecule has 1 amide bonds. The predicted molar refractivity (Wildman–Crippen MR) is 89.0 cm³/mol. The average molecular weight is 349 g/mol. The SMILES string of the molecule is CC(NC(=O)C/C=C/c1cccc(F)c1)C(O)c1ccc(F)c(F)c1. The first-order valence-electron chi connectivity index (χ1n) is 7.71. The smallest absolute Gasteiger partial charge is 0.224 e. The van der Waals surface area contributed by atoms with Crippen LogP contribution >= 0.6 is 0 Å². The van der Waals surface area contributed by atoms with Crippen molar-refractivity contribution in [2.45, 2.75) is 25.5 Å². The minimum absolute atomic E-state index is 0.0331. The number of aliphatic hydroxyl groups is 1. The Labute approximate surface area is 143 Å². The summed E-state index contributed by atoms with van der Waals surface area (Å²) in [6, 6.07) is 8.31. The van der Waals surface area contributed by atoms with Gasteiger partial charge in [-0.3, -0.25) is 4.79 Å². The molecule has 3 nitrogen and oxygen atoms in total. The van der Waals surface area contributed by atoms with Crippen LogP contribution in [0.4, 0.5) is 13.2 Å². The second-order valence-corrected chi connectivity index (χ2v) is 5.64. The number of hydrogen-bond acceptors (Lipinski definition) is 2. The van der Waals surface area contributed by atoms with E-state index in [2.05, 4.69) is 5.32 Å². The fourth-order valence-electron chi connectivity index (χ4n) is 2.29. The molecule has 25 heavy (non-hydrogen) atoms. The van der Waals surface area contributed by atoms with Crippen LogP contribution in [0.15, 0.2) is 48.5 Å². The van der Waals surface area contributed by atoms with E-state index in [-0.39, 0.29) is 23.7 Å². The van der Waals surface area contributed by atoms with Crippen LogP contribution < -0.4 is 5.32 Å². The highest BCUT2D eigenvalue weighted by Gasteiger charge is 2.19. The molecule has 0 aliphatic rings. The fourth-order valence-corrected chi connectivity index (χ4v) is 2.29. The van der Waals surface area contributed by atoms with Crippen molar-refractivity contribution in [2.24, 2.45) is 0 Å². The minimum Gasteiger partial charge on any atom is -0.386 e. The zero-order chi connectivity index (χ0) is 18.4. The molecule has 2 atom stereocenters. The van der Waals surface area contributed by atoms with Gasteiger partial charge in [0.2, 0.25) is 5.91 Å². The predicted octanol–water partition coefficient (Wildman–Crippen LogP) is 3.75. The summed E-state index contributed by atoms with van der Waals surface area (Å²) in [6.07, 6.45) is 2.04. The van der Waals surface area contributed by atoms with Crippen LogP contribution in [0.3, 0.4) is 0 Å². The molecular weight excluding hydrogens is 331 g/mol. The van der Waals surface area contributed by atoms with Crippen LogP contribution in [-0.4, -0.2) is 17.1 Å². The van der Waals surface area contributed by atoms with E-state index in [9.17, 15) is 23.1 Å². The lowest BCUT2D eigenvalue weighted by atomic mass is 10.0. The number of rotatable bonds is 6. The Kier molecular flexibility index (Phi) is 6.36. The minimum atomic E-state index is -1.17. The normalized spacial score (nSPS) is 13.6.